The number of nitrogens with one attached hydrogen (secondary N) is 1. The summed E-state index contributed by atoms with van der Waals surface area (Å²) >= 11 is 0. The molecule has 0 radical (unpaired) electrons. The first kappa shape index (κ1) is 8.73. The highest BCUT2D eigenvalue weighted by Crippen LogP contribution is 1.87. The standard InChI is InChI=1S/C7H10N2O3/c10-4-1-6-8-2-3-9(6)5-7(11)12/h2-3,10H,1,4-5H2,(H,11,12)/p+1. The van der Waals surface area contributed by atoms with E-state index in [0.29, 0.717) is 6.42 Å². The number of aromatic nitrogens is 2. The Kier molecular flexibility index (Phi) is 2.82. The molecule has 0 aliphatic rings. The van der Waals surface area contributed by atoms with Gasteiger partial charge in [-0.1, -0.05) is 0 Å². The molecular formula is C7H11N2O3+. The lowest BCUT2D eigenvalue weighted by atomic mass is 10.4. The van der Waals surface area contributed by atoms with Gasteiger partial charge in [0.2, 0.25) is 0 Å². The minimum absolute atomic E-state index is 0.0140. The average molecular weight is 171 g/mol. The van der Waals surface area contributed by atoms with Gasteiger partial charge in [-0.25, -0.2) is 14.3 Å². The first-order valence-corrected chi connectivity index (χ1v) is 3.62. The Bertz CT molecular complexity index is 269. The third-order valence-corrected chi connectivity index (χ3v) is 1.51. The molecule has 66 valence electrons. The lowest BCUT2D eigenvalue weighted by molar-refractivity contribution is -0.692. The molecule has 0 saturated heterocycles. The highest BCUT2D eigenvalue weighted by atomic mass is 16.4. The monoisotopic (exact) mass is 171 g/mol. The quantitative estimate of drug-likeness (QED) is 0.504. The lowest BCUT2D eigenvalue weighted by Crippen LogP contribution is -2.40. The summed E-state index contributed by atoms with van der Waals surface area (Å²) in [6.45, 7) is -0.0566. The normalized spacial score (nSPS) is 10.1. The van der Waals surface area contributed by atoms with Gasteiger partial charge < -0.3 is 10.2 Å². The van der Waals surface area contributed by atoms with E-state index in [9.17, 15) is 4.79 Å². The molecule has 0 bridgehead atoms. The Morgan fingerprint density at radius 3 is 3.00 bits per heavy atom. The number of carboxylic acid groups (broad SMARTS) is 1. The Balaban J connectivity index is 2.69. The summed E-state index contributed by atoms with van der Waals surface area (Å²) in [5, 5.41) is 17.1. The topological polar surface area (TPSA) is 77.2 Å². The molecule has 0 aliphatic carbocycles. The molecule has 5 nitrogen and oxygen atoms in total. The van der Waals surface area contributed by atoms with E-state index in [1.54, 1.807) is 17.0 Å². The molecule has 0 aliphatic heterocycles. The van der Waals surface area contributed by atoms with Gasteiger partial charge in [-0.15, -0.1) is 0 Å². The van der Waals surface area contributed by atoms with Crippen molar-refractivity contribution in [3.63, 3.8) is 0 Å². The zero-order valence-electron chi connectivity index (χ0n) is 6.53. The maximum atomic E-state index is 10.3. The van der Waals surface area contributed by atoms with Crippen molar-refractivity contribution < 1.29 is 19.6 Å². The minimum Gasteiger partial charge on any atom is -0.478 e. The Hall–Kier alpha value is -1.36. The van der Waals surface area contributed by atoms with Crippen LogP contribution in [0.4, 0.5) is 0 Å². The van der Waals surface area contributed by atoms with Crippen molar-refractivity contribution in [1.82, 2.24) is 4.98 Å². The lowest BCUT2D eigenvalue weighted by Gasteiger charge is -1.94. The first-order valence-electron chi connectivity index (χ1n) is 3.62. The van der Waals surface area contributed by atoms with Crippen LogP contribution in [0.15, 0.2) is 12.4 Å². The summed E-state index contributed by atoms with van der Waals surface area (Å²) in [6, 6.07) is 0. The van der Waals surface area contributed by atoms with Crippen LogP contribution in [0.5, 0.6) is 0 Å². The molecule has 1 aromatic heterocycles. The van der Waals surface area contributed by atoms with Crippen molar-refractivity contribution in [2.75, 3.05) is 6.61 Å². The van der Waals surface area contributed by atoms with Crippen molar-refractivity contribution in [3.05, 3.63) is 18.2 Å². The molecule has 1 aromatic rings. The van der Waals surface area contributed by atoms with Gasteiger partial charge in [-0.2, -0.15) is 0 Å². The van der Waals surface area contributed by atoms with Crippen LogP contribution in [0.2, 0.25) is 0 Å². The summed E-state index contributed by atoms with van der Waals surface area (Å²) in [7, 11) is 0. The fourth-order valence-corrected chi connectivity index (χ4v) is 1.01. The minimum atomic E-state index is -0.890. The summed E-state index contributed by atoms with van der Waals surface area (Å²) in [5.41, 5.74) is 0. The number of hydrogen-bond acceptors (Lipinski definition) is 2. The molecule has 1 heterocycles. The highest BCUT2D eigenvalue weighted by Gasteiger charge is 2.11. The molecule has 0 spiro atoms. The van der Waals surface area contributed by atoms with Gasteiger partial charge in [0, 0.05) is 0 Å². The Morgan fingerprint density at radius 1 is 1.67 bits per heavy atom. The van der Waals surface area contributed by atoms with Crippen LogP contribution in [0.3, 0.4) is 0 Å². The number of hydrogen-bond donors (Lipinski definition) is 3. The van der Waals surface area contributed by atoms with Crippen molar-refractivity contribution in [1.29, 1.82) is 0 Å². The number of aliphatic carboxylic acids is 1. The number of aliphatic hydroxyl groups excluding tert-OH is 1. The molecular weight excluding hydrogens is 160 g/mol. The number of nitrogens with zero attached hydrogens (tertiary/aromatic N) is 1. The van der Waals surface area contributed by atoms with Gasteiger partial charge in [0.15, 0.2) is 6.54 Å². The van der Waals surface area contributed by atoms with Crippen molar-refractivity contribution in [2.45, 2.75) is 13.0 Å². The van der Waals surface area contributed by atoms with Crippen LogP contribution < -0.4 is 4.57 Å². The molecule has 1 rings (SSSR count). The Morgan fingerprint density at radius 2 is 2.42 bits per heavy atom. The van der Waals surface area contributed by atoms with Crippen LogP contribution in [0.25, 0.3) is 0 Å². The number of H-pyrrole nitrogens is 1. The zero-order chi connectivity index (χ0) is 8.97. The maximum Gasteiger partial charge on any atom is 0.346 e. The number of carbonyl (C=O) groups is 1. The molecule has 0 saturated carbocycles. The number of carboxylic acids is 1. The van der Waals surface area contributed by atoms with Crippen LogP contribution in [-0.4, -0.2) is 27.8 Å². The predicted octanol–water partition coefficient (Wildman–Crippen LogP) is -1.08. The van der Waals surface area contributed by atoms with Crippen molar-refractivity contribution >= 4 is 5.97 Å². The van der Waals surface area contributed by atoms with Gasteiger partial charge in [0.25, 0.3) is 5.82 Å². The fourth-order valence-electron chi connectivity index (χ4n) is 1.01. The van der Waals surface area contributed by atoms with Gasteiger partial charge in [-0.05, 0) is 0 Å². The van der Waals surface area contributed by atoms with Crippen LogP contribution in [0.1, 0.15) is 5.82 Å². The molecule has 0 fully saturated rings. The van der Waals surface area contributed by atoms with Gasteiger partial charge in [0.05, 0.1) is 13.0 Å². The van der Waals surface area contributed by atoms with E-state index in [0.717, 1.165) is 5.82 Å². The zero-order valence-corrected chi connectivity index (χ0v) is 6.53. The summed E-state index contributed by atoms with van der Waals surface area (Å²) in [6.07, 6.45) is 3.73. The van der Waals surface area contributed by atoms with Gasteiger partial charge in [-0.3, -0.25) is 0 Å². The van der Waals surface area contributed by atoms with Crippen LogP contribution in [-0.2, 0) is 17.8 Å². The van der Waals surface area contributed by atoms with Crippen LogP contribution >= 0.6 is 0 Å². The second-order valence-corrected chi connectivity index (χ2v) is 2.40. The molecule has 0 atom stereocenters. The van der Waals surface area contributed by atoms with Gasteiger partial charge >= 0.3 is 5.97 Å². The molecule has 0 unspecified atom stereocenters. The second-order valence-electron chi connectivity index (χ2n) is 2.40. The van der Waals surface area contributed by atoms with E-state index in [2.05, 4.69) is 4.98 Å². The van der Waals surface area contributed by atoms with E-state index >= 15 is 0 Å². The Labute approximate surface area is 69.3 Å². The van der Waals surface area contributed by atoms with E-state index in [-0.39, 0.29) is 13.2 Å². The molecule has 3 N–H and O–H groups in total. The number of aromatic amines is 1. The SMILES string of the molecule is O=C(O)C[n+]1cc[nH]c1CCO. The largest absolute Gasteiger partial charge is 0.478 e. The number of rotatable bonds is 4. The molecule has 5 heteroatoms. The second kappa shape index (κ2) is 3.87. The molecule has 12 heavy (non-hydrogen) atoms. The van der Waals surface area contributed by atoms with Gasteiger partial charge in [0.1, 0.15) is 12.4 Å². The summed E-state index contributed by atoms with van der Waals surface area (Å²) in [5.74, 6) is -0.168. The fraction of sp³-hybridized carbons (Fsp3) is 0.429. The van der Waals surface area contributed by atoms with E-state index < -0.39 is 5.97 Å². The molecule has 0 amide bonds. The van der Waals surface area contributed by atoms with E-state index in [4.69, 9.17) is 10.2 Å². The number of imidazole rings is 1. The average Bonchev–Trinajstić information content (AvgIpc) is 2.37. The summed E-state index contributed by atoms with van der Waals surface area (Å²) < 4.78 is 1.55. The number of aliphatic hydroxyl groups is 1. The van der Waals surface area contributed by atoms with Crippen molar-refractivity contribution in [2.24, 2.45) is 0 Å². The molecule has 0 aromatic carbocycles. The predicted molar refractivity (Wildman–Crippen MR) is 39.4 cm³/mol. The maximum absolute atomic E-state index is 10.3. The van der Waals surface area contributed by atoms with E-state index in [1.807, 2.05) is 0 Å². The smallest absolute Gasteiger partial charge is 0.346 e. The van der Waals surface area contributed by atoms with E-state index in [1.165, 1.54) is 0 Å². The first-order chi connectivity index (χ1) is 5.74. The third kappa shape index (κ3) is 2.06. The van der Waals surface area contributed by atoms with Crippen LogP contribution in [0, 0.1) is 0 Å². The summed E-state index contributed by atoms with van der Waals surface area (Å²) in [4.78, 5) is 13.2. The highest BCUT2D eigenvalue weighted by molar-refractivity contribution is 5.64. The third-order valence-electron chi connectivity index (χ3n) is 1.51. The van der Waals surface area contributed by atoms with Crippen molar-refractivity contribution in [3.8, 4) is 0 Å².